The van der Waals surface area contributed by atoms with E-state index in [0.29, 0.717) is 33.4 Å². The van der Waals surface area contributed by atoms with Crippen LogP contribution in [0.3, 0.4) is 0 Å². The summed E-state index contributed by atoms with van der Waals surface area (Å²) < 4.78 is 26.9. The molecule has 0 bridgehead atoms. The lowest BCUT2D eigenvalue weighted by Gasteiger charge is -2.34. The molecule has 1 N–H and O–H groups in total. The molecule has 3 aromatic carbocycles. The van der Waals surface area contributed by atoms with Gasteiger partial charge >= 0.3 is 0 Å². The molecule has 0 saturated heterocycles. The van der Waals surface area contributed by atoms with Gasteiger partial charge in [-0.15, -0.1) is 0 Å². The van der Waals surface area contributed by atoms with Gasteiger partial charge in [-0.1, -0.05) is 79.0 Å². The third-order valence-electron chi connectivity index (χ3n) is 6.45. The summed E-state index contributed by atoms with van der Waals surface area (Å²) in [6.07, 6.45) is 3.00. The molecular weight excluding hydrogens is 569 g/mol. The van der Waals surface area contributed by atoms with Crippen molar-refractivity contribution in [2.45, 2.75) is 45.7 Å². The molecule has 1 unspecified atom stereocenters. The van der Waals surface area contributed by atoms with Gasteiger partial charge in [0.1, 0.15) is 12.6 Å². The van der Waals surface area contributed by atoms with Crippen molar-refractivity contribution >= 4 is 50.7 Å². The van der Waals surface area contributed by atoms with Crippen LogP contribution in [0.1, 0.15) is 36.5 Å². The molecule has 0 fully saturated rings. The molecule has 7 nitrogen and oxygen atoms in total. The number of amides is 2. The summed E-state index contributed by atoms with van der Waals surface area (Å²) >= 11 is 12.3. The van der Waals surface area contributed by atoms with Crippen molar-refractivity contribution in [3.63, 3.8) is 0 Å². The minimum Gasteiger partial charge on any atom is -0.354 e. The summed E-state index contributed by atoms with van der Waals surface area (Å²) in [6.45, 7) is 3.80. The first-order chi connectivity index (χ1) is 19.0. The molecule has 0 aliphatic heterocycles. The van der Waals surface area contributed by atoms with Crippen LogP contribution in [0.15, 0.2) is 72.8 Å². The zero-order valence-corrected chi connectivity index (χ0v) is 25.3. The van der Waals surface area contributed by atoms with E-state index in [-0.39, 0.29) is 18.9 Å². The Kier molecular flexibility index (Phi) is 11.4. The highest BCUT2D eigenvalue weighted by Crippen LogP contribution is 2.26. The number of aryl methyl sites for hydroxylation is 1. The second-order valence-electron chi connectivity index (χ2n) is 9.70. The quantitative estimate of drug-likeness (QED) is 0.257. The van der Waals surface area contributed by atoms with Crippen LogP contribution in [0.25, 0.3) is 0 Å². The van der Waals surface area contributed by atoms with Gasteiger partial charge in [-0.3, -0.25) is 13.9 Å². The van der Waals surface area contributed by atoms with Crippen LogP contribution in [0.5, 0.6) is 0 Å². The molecule has 214 valence electrons. The molecule has 0 aromatic heterocycles. The molecule has 0 aliphatic rings. The van der Waals surface area contributed by atoms with Crippen LogP contribution in [-0.2, 0) is 32.6 Å². The Hall–Kier alpha value is -3.07. The number of sulfonamides is 1. The van der Waals surface area contributed by atoms with Crippen LogP contribution < -0.4 is 9.62 Å². The van der Waals surface area contributed by atoms with E-state index in [2.05, 4.69) is 5.32 Å². The van der Waals surface area contributed by atoms with Crippen molar-refractivity contribution in [2.24, 2.45) is 0 Å². The number of rotatable bonds is 13. The number of nitrogens with zero attached hydrogens (tertiary/aromatic N) is 2. The molecule has 0 radical (unpaired) electrons. The Morgan fingerprint density at radius 2 is 1.60 bits per heavy atom. The Balaban J connectivity index is 2.05. The maximum atomic E-state index is 14.1. The Morgan fingerprint density at radius 3 is 2.23 bits per heavy atom. The van der Waals surface area contributed by atoms with Gasteiger partial charge in [0.2, 0.25) is 21.8 Å². The van der Waals surface area contributed by atoms with Crippen molar-refractivity contribution < 1.29 is 18.0 Å². The van der Waals surface area contributed by atoms with Crippen molar-refractivity contribution in [3.05, 3.63) is 99.5 Å². The molecule has 3 aromatic rings. The third kappa shape index (κ3) is 8.98. The summed E-state index contributed by atoms with van der Waals surface area (Å²) in [5.41, 5.74) is 2.53. The maximum absolute atomic E-state index is 14.1. The minimum atomic E-state index is -3.86. The van der Waals surface area contributed by atoms with Gasteiger partial charge in [0.05, 0.1) is 11.9 Å². The molecule has 40 heavy (non-hydrogen) atoms. The topological polar surface area (TPSA) is 86.8 Å². The van der Waals surface area contributed by atoms with Gasteiger partial charge < -0.3 is 10.2 Å². The number of benzene rings is 3. The lowest BCUT2D eigenvalue weighted by molar-refractivity contribution is -0.140. The van der Waals surface area contributed by atoms with Gasteiger partial charge in [-0.2, -0.15) is 0 Å². The number of carbonyl (C=O) groups excluding carboxylic acids is 2. The predicted molar refractivity (Wildman–Crippen MR) is 162 cm³/mol. The fraction of sp³-hybridized carbons (Fsp3) is 0.333. The van der Waals surface area contributed by atoms with Crippen molar-refractivity contribution in [2.75, 3.05) is 23.7 Å². The van der Waals surface area contributed by atoms with Crippen LogP contribution in [0.4, 0.5) is 5.69 Å². The molecule has 0 saturated carbocycles. The molecular formula is C30H35Cl2N3O4S. The van der Waals surface area contributed by atoms with E-state index >= 15 is 0 Å². The SMILES string of the molecule is CCCCNC(=O)C(Cc1ccccc1)N(Cc1cccc(Cl)c1)C(=O)CN(c1ccc(Cl)cc1C)S(C)(=O)=O. The third-order valence-corrected chi connectivity index (χ3v) is 8.05. The van der Waals surface area contributed by atoms with Gasteiger partial charge in [0.15, 0.2) is 0 Å². The van der Waals surface area contributed by atoms with Gasteiger partial charge in [-0.05, 0) is 60.4 Å². The lowest BCUT2D eigenvalue weighted by Crippen LogP contribution is -2.53. The predicted octanol–water partition coefficient (Wildman–Crippen LogP) is 5.62. The average Bonchev–Trinajstić information content (AvgIpc) is 2.89. The van der Waals surface area contributed by atoms with Gasteiger partial charge in [0.25, 0.3) is 0 Å². The van der Waals surface area contributed by atoms with Crippen LogP contribution in [-0.4, -0.2) is 50.5 Å². The molecule has 2 amide bonds. The number of nitrogens with one attached hydrogen (secondary N) is 1. The number of carbonyl (C=O) groups is 2. The monoisotopic (exact) mass is 603 g/mol. The second-order valence-corrected chi connectivity index (χ2v) is 12.5. The van der Waals surface area contributed by atoms with E-state index < -0.39 is 28.5 Å². The first-order valence-corrected chi connectivity index (χ1v) is 15.7. The van der Waals surface area contributed by atoms with Gasteiger partial charge in [-0.25, -0.2) is 8.42 Å². The number of anilines is 1. The molecule has 0 heterocycles. The molecule has 0 spiro atoms. The smallest absolute Gasteiger partial charge is 0.244 e. The normalized spacial score (nSPS) is 12.0. The summed E-state index contributed by atoms with van der Waals surface area (Å²) in [5, 5.41) is 3.91. The first-order valence-electron chi connectivity index (χ1n) is 13.1. The van der Waals surface area contributed by atoms with E-state index in [4.69, 9.17) is 23.2 Å². The molecule has 10 heteroatoms. The fourth-order valence-electron chi connectivity index (χ4n) is 4.39. The maximum Gasteiger partial charge on any atom is 0.244 e. The molecule has 3 rings (SSSR count). The second kappa shape index (κ2) is 14.5. The molecule has 1 atom stereocenters. The highest BCUT2D eigenvalue weighted by Gasteiger charge is 2.33. The number of hydrogen-bond donors (Lipinski definition) is 1. The Labute approximate surface area is 247 Å². The van der Waals surface area contributed by atoms with Crippen LogP contribution >= 0.6 is 23.2 Å². The number of unbranched alkanes of at least 4 members (excludes halogenated alkanes) is 1. The van der Waals surface area contributed by atoms with E-state index in [1.165, 1.54) is 4.90 Å². The highest BCUT2D eigenvalue weighted by molar-refractivity contribution is 7.92. The fourth-order valence-corrected chi connectivity index (χ4v) is 5.73. The van der Waals surface area contributed by atoms with E-state index in [1.807, 2.05) is 43.3 Å². The van der Waals surface area contributed by atoms with Crippen molar-refractivity contribution in [1.29, 1.82) is 0 Å². The Bertz CT molecular complexity index is 1420. The van der Waals surface area contributed by atoms with Crippen LogP contribution in [0, 0.1) is 6.92 Å². The summed E-state index contributed by atoms with van der Waals surface area (Å²) in [5.74, 6) is -0.826. The van der Waals surface area contributed by atoms with E-state index in [9.17, 15) is 18.0 Å². The zero-order valence-electron chi connectivity index (χ0n) is 22.9. The van der Waals surface area contributed by atoms with Gasteiger partial charge in [0, 0.05) is 29.6 Å². The molecule has 0 aliphatic carbocycles. The van der Waals surface area contributed by atoms with Crippen LogP contribution in [0.2, 0.25) is 10.0 Å². The average molecular weight is 605 g/mol. The van der Waals surface area contributed by atoms with Crippen molar-refractivity contribution in [3.8, 4) is 0 Å². The largest absolute Gasteiger partial charge is 0.354 e. The lowest BCUT2D eigenvalue weighted by atomic mass is 10.0. The van der Waals surface area contributed by atoms with E-state index in [0.717, 1.165) is 29.0 Å². The summed E-state index contributed by atoms with van der Waals surface area (Å²) in [7, 11) is -3.86. The zero-order chi connectivity index (χ0) is 29.3. The number of halogens is 2. The standard InChI is InChI=1S/C30H35Cl2N3O4S/c1-4-5-16-33-30(37)28(19-23-10-7-6-8-11-23)34(20-24-12-9-13-25(31)18-24)29(36)21-35(40(3,38)39)27-15-14-26(32)17-22(27)2/h6-15,17-18,28H,4-5,16,19-21H2,1-3H3,(H,33,37). The summed E-state index contributed by atoms with van der Waals surface area (Å²) in [6, 6.07) is 20.4. The van der Waals surface area contributed by atoms with Crippen molar-refractivity contribution in [1.82, 2.24) is 10.2 Å². The first kappa shape index (κ1) is 31.5. The summed E-state index contributed by atoms with van der Waals surface area (Å²) in [4.78, 5) is 29.1. The minimum absolute atomic E-state index is 0.0648. The number of hydrogen-bond acceptors (Lipinski definition) is 4. The highest BCUT2D eigenvalue weighted by atomic mass is 35.5. The van der Waals surface area contributed by atoms with E-state index in [1.54, 1.807) is 43.3 Å². The Morgan fingerprint density at radius 1 is 0.925 bits per heavy atom.